The Morgan fingerprint density at radius 1 is 0.966 bits per heavy atom. The van der Waals surface area contributed by atoms with Crippen LogP contribution in [0.25, 0.3) is 28.5 Å². The summed E-state index contributed by atoms with van der Waals surface area (Å²) in [4.78, 5) is 16.3. The zero-order valence-electron chi connectivity index (χ0n) is 16.0. The summed E-state index contributed by atoms with van der Waals surface area (Å²) in [5.41, 5.74) is 4.74. The molecule has 1 aliphatic heterocycles. The lowest BCUT2D eigenvalue weighted by Crippen LogP contribution is -2.02. The molecule has 6 heteroatoms. The average molecular weight is 381 g/mol. The Balaban J connectivity index is 1.66. The molecule has 1 N–H and O–H groups in total. The van der Waals surface area contributed by atoms with E-state index in [9.17, 15) is 4.79 Å². The molecule has 0 unspecified atom stereocenters. The molecular weight excluding hydrogens is 362 g/mol. The fourth-order valence-corrected chi connectivity index (χ4v) is 3.59. The third-order valence-corrected chi connectivity index (χ3v) is 5.12. The van der Waals surface area contributed by atoms with E-state index in [1.54, 1.807) is 6.20 Å². The second-order valence-corrected chi connectivity index (χ2v) is 6.99. The molecule has 0 spiro atoms. The number of carbonyl (C=O) groups is 1. The number of fused-ring (bicyclic) bond motifs is 5. The maximum Gasteiger partial charge on any atom is 0.171 e. The van der Waals surface area contributed by atoms with Gasteiger partial charge < -0.3 is 5.32 Å². The molecule has 0 fully saturated rings. The first kappa shape index (κ1) is 17.3. The number of anilines is 2. The van der Waals surface area contributed by atoms with Crippen LogP contribution >= 0.6 is 0 Å². The molecule has 4 aromatic rings. The third-order valence-electron chi connectivity index (χ3n) is 5.12. The second-order valence-electron chi connectivity index (χ2n) is 6.99. The molecule has 3 heterocycles. The van der Waals surface area contributed by atoms with E-state index in [4.69, 9.17) is 0 Å². The molecule has 5 rings (SSSR count). The minimum atomic E-state index is 0.233. The first-order chi connectivity index (χ1) is 14.2. The predicted octanol–water partition coefficient (Wildman–Crippen LogP) is 4.57. The summed E-state index contributed by atoms with van der Waals surface area (Å²) in [6.07, 6.45) is 2.78. The Bertz CT molecular complexity index is 1210. The van der Waals surface area contributed by atoms with Crippen molar-refractivity contribution in [1.29, 1.82) is 0 Å². The maximum absolute atomic E-state index is 11.7. The molecule has 0 radical (unpaired) electrons. The van der Waals surface area contributed by atoms with E-state index < -0.39 is 0 Å². The van der Waals surface area contributed by atoms with Crippen molar-refractivity contribution in [2.24, 2.45) is 0 Å². The number of hydrogen-bond donors (Lipinski definition) is 1. The van der Waals surface area contributed by atoms with Crippen molar-refractivity contribution >= 4 is 17.3 Å². The molecule has 2 aromatic heterocycles. The number of nitrogens with one attached hydrogen (secondary N) is 1. The van der Waals surface area contributed by atoms with Gasteiger partial charge >= 0.3 is 0 Å². The fraction of sp³-hybridized carbons (Fsp3) is 0.130. The molecule has 0 amide bonds. The number of rotatable bonds is 4. The van der Waals surface area contributed by atoms with Crippen molar-refractivity contribution in [1.82, 2.24) is 19.7 Å². The van der Waals surface area contributed by atoms with Crippen LogP contribution in [-0.4, -0.2) is 25.5 Å². The predicted molar refractivity (Wildman–Crippen MR) is 112 cm³/mol. The highest BCUT2D eigenvalue weighted by atomic mass is 16.1. The van der Waals surface area contributed by atoms with Crippen molar-refractivity contribution in [3.63, 3.8) is 0 Å². The fourth-order valence-electron chi connectivity index (χ4n) is 3.59. The van der Waals surface area contributed by atoms with Gasteiger partial charge in [0.2, 0.25) is 0 Å². The van der Waals surface area contributed by atoms with E-state index in [0.717, 1.165) is 45.5 Å². The van der Waals surface area contributed by atoms with E-state index in [2.05, 4.69) is 20.5 Å². The van der Waals surface area contributed by atoms with Crippen LogP contribution in [0.5, 0.6) is 0 Å². The molecular formula is C23H19N5O. The minimum absolute atomic E-state index is 0.233. The number of ketones is 1. The molecule has 0 saturated heterocycles. The Morgan fingerprint density at radius 3 is 2.59 bits per heavy atom. The van der Waals surface area contributed by atoms with E-state index in [-0.39, 0.29) is 5.78 Å². The van der Waals surface area contributed by atoms with Crippen LogP contribution in [-0.2, 0) is 11.2 Å². The van der Waals surface area contributed by atoms with E-state index in [0.29, 0.717) is 12.8 Å². The number of Topliss-reactive ketones (excluding diaryl/α,β-unsaturated/α-hetero) is 1. The number of benzene rings is 2. The standard InChI is InChI=1S/C23H19N5O/c1-2-17(29)14-15-9-11-16(12-10-15)22-26-27-23-18-6-3-4-7-19(18)25-21-20(28(22)23)8-5-13-24-21/h3-13H,2,14H2,1H3,(H,24,25). The van der Waals surface area contributed by atoms with Gasteiger partial charge in [-0.25, -0.2) is 4.98 Å². The molecule has 0 aliphatic carbocycles. The average Bonchev–Trinajstić information content (AvgIpc) is 3.14. The maximum atomic E-state index is 11.7. The Morgan fingerprint density at radius 2 is 1.76 bits per heavy atom. The Kier molecular flexibility index (Phi) is 4.17. The SMILES string of the molecule is CCC(=O)Cc1ccc(-c2nnc3n2-c2cccnc2Nc2ccccc2-3)cc1. The molecule has 0 saturated carbocycles. The zero-order chi connectivity index (χ0) is 19.8. The van der Waals surface area contributed by atoms with Crippen LogP contribution in [0.2, 0.25) is 0 Å². The quantitative estimate of drug-likeness (QED) is 0.493. The topological polar surface area (TPSA) is 72.7 Å². The number of hydrogen-bond acceptors (Lipinski definition) is 5. The Hall–Kier alpha value is -3.80. The monoisotopic (exact) mass is 381 g/mol. The van der Waals surface area contributed by atoms with Crippen molar-refractivity contribution in [3.8, 4) is 28.5 Å². The summed E-state index contributed by atoms with van der Waals surface area (Å²) in [5.74, 6) is 2.49. The number of aromatic nitrogens is 4. The van der Waals surface area contributed by atoms with Crippen molar-refractivity contribution in [2.45, 2.75) is 19.8 Å². The first-order valence-corrected chi connectivity index (χ1v) is 9.63. The van der Waals surface area contributed by atoms with Crippen LogP contribution in [0, 0.1) is 0 Å². The second kappa shape index (κ2) is 6.98. The highest BCUT2D eigenvalue weighted by molar-refractivity contribution is 5.85. The molecule has 6 nitrogen and oxygen atoms in total. The van der Waals surface area contributed by atoms with Crippen molar-refractivity contribution in [2.75, 3.05) is 5.32 Å². The van der Waals surface area contributed by atoms with Crippen LogP contribution in [0.15, 0.2) is 66.9 Å². The smallest absolute Gasteiger partial charge is 0.171 e. The minimum Gasteiger partial charge on any atom is -0.338 e. The number of nitrogens with zero attached hydrogens (tertiary/aromatic N) is 4. The Labute approximate surface area is 168 Å². The largest absolute Gasteiger partial charge is 0.338 e. The third kappa shape index (κ3) is 2.99. The lowest BCUT2D eigenvalue weighted by molar-refractivity contribution is -0.118. The van der Waals surface area contributed by atoms with Gasteiger partial charge in [-0.3, -0.25) is 9.36 Å². The van der Waals surface area contributed by atoms with Crippen LogP contribution < -0.4 is 5.32 Å². The van der Waals surface area contributed by atoms with E-state index in [1.165, 1.54) is 0 Å². The number of para-hydroxylation sites is 1. The molecule has 0 bridgehead atoms. The first-order valence-electron chi connectivity index (χ1n) is 9.63. The van der Waals surface area contributed by atoms with Gasteiger partial charge in [0.05, 0.1) is 11.4 Å². The summed E-state index contributed by atoms with van der Waals surface area (Å²) in [6, 6.07) is 19.9. The number of carbonyl (C=O) groups excluding carboxylic acids is 1. The van der Waals surface area contributed by atoms with Crippen LogP contribution in [0.3, 0.4) is 0 Å². The lowest BCUT2D eigenvalue weighted by atomic mass is 10.1. The summed E-state index contributed by atoms with van der Waals surface area (Å²) < 4.78 is 2.04. The van der Waals surface area contributed by atoms with Gasteiger partial charge in [0.1, 0.15) is 5.78 Å². The molecule has 2 aromatic carbocycles. The molecule has 0 atom stereocenters. The van der Waals surface area contributed by atoms with E-state index >= 15 is 0 Å². The van der Waals surface area contributed by atoms with Crippen molar-refractivity contribution in [3.05, 3.63) is 72.4 Å². The van der Waals surface area contributed by atoms with Gasteiger partial charge in [-0.15, -0.1) is 10.2 Å². The molecule has 29 heavy (non-hydrogen) atoms. The van der Waals surface area contributed by atoms with Gasteiger partial charge in [0, 0.05) is 30.2 Å². The number of pyridine rings is 1. The van der Waals surface area contributed by atoms with Crippen LogP contribution in [0.1, 0.15) is 18.9 Å². The normalized spacial score (nSPS) is 11.6. The highest BCUT2D eigenvalue weighted by Gasteiger charge is 2.24. The summed E-state index contributed by atoms with van der Waals surface area (Å²) in [6.45, 7) is 1.89. The van der Waals surface area contributed by atoms with Gasteiger partial charge in [0.25, 0.3) is 0 Å². The zero-order valence-corrected chi connectivity index (χ0v) is 16.0. The van der Waals surface area contributed by atoms with Gasteiger partial charge in [0.15, 0.2) is 17.5 Å². The van der Waals surface area contributed by atoms with Crippen molar-refractivity contribution < 1.29 is 4.79 Å². The summed E-state index contributed by atoms with van der Waals surface area (Å²) in [7, 11) is 0. The highest BCUT2D eigenvalue weighted by Crippen LogP contribution is 2.38. The lowest BCUT2D eigenvalue weighted by Gasteiger charge is -2.11. The van der Waals surface area contributed by atoms with Crippen LogP contribution in [0.4, 0.5) is 11.5 Å². The summed E-state index contributed by atoms with van der Waals surface area (Å²) >= 11 is 0. The van der Waals surface area contributed by atoms with Gasteiger partial charge in [-0.1, -0.05) is 43.3 Å². The molecule has 1 aliphatic rings. The van der Waals surface area contributed by atoms with Gasteiger partial charge in [-0.2, -0.15) is 0 Å². The molecule has 142 valence electrons. The summed E-state index contributed by atoms with van der Waals surface area (Å²) in [5, 5.41) is 12.4. The van der Waals surface area contributed by atoms with E-state index in [1.807, 2.05) is 72.2 Å². The van der Waals surface area contributed by atoms with Gasteiger partial charge in [-0.05, 0) is 29.8 Å².